The summed E-state index contributed by atoms with van der Waals surface area (Å²) in [6.45, 7) is 4.56. The Kier molecular flexibility index (Phi) is 14.2. The molecule has 0 saturated carbocycles. The second kappa shape index (κ2) is 18.5. The Labute approximate surface area is 300 Å². The van der Waals surface area contributed by atoms with Gasteiger partial charge in [0.05, 0.1) is 12.3 Å². The summed E-state index contributed by atoms with van der Waals surface area (Å²) in [6.07, 6.45) is 5.46. The molecule has 6 aromatic rings. The van der Waals surface area contributed by atoms with E-state index in [1.54, 1.807) is 0 Å². The second-order valence-electron chi connectivity index (χ2n) is 12.8. The average molecular weight is 623 g/mol. The van der Waals surface area contributed by atoms with Crippen LogP contribution in [0.3, 0.4) is 0 Å². The molecule has 0 atom stereocenters. The molecule has 0 unspecified atom stereocenters. The van der Waals surface area contributed by atoms with Gasteiger partial charge in [-0.2, -0.15) is 45.4 Å². The molecule has 0 N–H and O–H groups in total. The summed E-state index contributed by atoms with van der Waals surface area (Å²) in [5.74, 6) is 0. The Morgan fingerprint density at radius 1 is 0.298 bits per heavy atom. The number of benzene rings is 6. The SMILES string of the molecule is CCCC[B-](c1ccccc1)(c1ccccc1)c1ccccc1.CCCC[B-](c1ccccc1)(c1ccccc1)c1ccccc1.[Mg+2]. The van der Waals surface area contributed by atoms with E-state index in [0.29, 0.717) is 0 Å². The zero-order chi connectivity index (χ0) is 31.9. The van der Waals surface area contributed by atoms with Crippen LogP contribution in [0.25, 0.3) is 0 Å². The van der Waals surface area contributed by atoms with Crippen LogP contribution in [0.5, 0.6) is 0 Å². The van der Waals surface area contributed by atoms with Crippen molar-refractivity contribution in [2.75, 3.05) is 0 Å². The summed E-state index contributed by atoms with van der Waals surface area (Å²) in [5.41, 5.74) is 8.66. The van der Waals surface area contributed by atoms with Gasteiger partial charge in [0.2, 0.25) is 0 Å². The standard InChI is InChI=1S/2C22H24B.Mg/c2*1-2-3-19-23(20-13-7-4-8-14-20,21-15-9-5-10-16-21)22-17-11-6-12-18-22;/h2*4-18H,2-3,19H2,1H3;/q2*-1;+2. The Morgan fingerprint density at radius 2 is 0.468 bits per heavy atom. The maximum absolute atomic E-state index is 2.30. The number of rotatable bonds is 12. The average Bonchev–Trinajstić information content (AvgIpc) is 3.15. The molecule has 232 valence electrons. The molecular weight excluding hydrogens is 574 g/mol. The molecule has 0 nitrogen and oxygen atoms in total. The molecule has 0 bridgehead atoms. The number of unbranched alkanes of at least 4 members (excludes halogenated alkanes) is 2. The molecule has 0 aromatic heterocycles. The number of hydrogen-bond acceptors (Lipinski definition) is 0. The third-order valence-corrected chi connectivity index (χ3v) is 10.2. The molecule has 0 spiro atoms. The van der Waals surface area contributed by atoms with Crippen molar-refractivity contribution in [3.05, 3.63) is 182 Å². The van der Waals surface area contributed by atoms with Crippen LogP contribution in [0.2, 0.25) is 12.6 Å². The second-order valence-corrected chi connectivity index (χ2v) is 12.8. The van der Waals surface area contributed by atoms with Gasteiger partial charge in [-0.3, -0.25) is 0 Å². The molecule has 0 saturated heterocycles. The molecule has 47 heavy (non-hydrogen) atoms. The van der Waals surface area contributed by atoms with Crippen molar-refractivity contribution >= 4 is 68.1 Å². The first kappa shape index (κ1) is 36.1. The minimum absolute atomic E-state index is 0. The largest absolute Gasteiger partial charge is 2.00 e. The van der Waals surface area contributed by atoms with Crippen molar-refractivity contribution in [2.24, 2.45) is 0 Å². The zero-order valence-electron chi connectivity index (χ0n) is 28.4. The Balaban J connectivity index is 0.000000208. The van der Waals surface area contributed by atoms with E-state index < -0.39 is 12.3 Å². The van der Waals surface area contributed by atoms with Crippen molar-refractivity contribution in [1.29, 1.82) is 0 Å². The van der Waals surface area contributed by atoms with Crippen LogP contribution in [0.15, 0.2) is 182 Å². The predicted molar refractivity (Wildman–Crippen MR) is 213 cm³/mol. The van der Waals surface area contributed by atoms with Crippen LogP contribution in [0.1, 0.15) is 39.5 Å². The van der Waals surface area contributed by atoms with Gasteiger partial charge in [-0.15, -0.1) is 0 Å². The van der Waals surface area contributed by atoms with Gasteiger partial charge in [-0.1, -0.05) is 222 Å². The molecule has 6 rings (SSSR count). The van der Waals surface area contributed by atoms with Gasteiger partial charge in [0, 0.05) is 0 Å². The van der Waals surface area contributed by atoms with E-state index in [1.165, 1.54) is 71.1 Å². The van der Waals surface area contributed by atoms with Crippen molar-refractivity contribution in [3.63, 3.8) is 0 Å². The molecule has 0 aliphatic heterocycles. The molecule has 0 fully saturated rings. The number of hydrogen-bond donors (Lipinski definition) is 0. The molecule has 0 aliphatic carbocycles. The third-order valence-electron chi connectivity index (χ3n) is 10.2. The fourth-order valence-electron chi connectivity index (χ4n) is 7.86. The Bertz CT molecular complexity index is 1350. The van der Waals surface area contributed by atoms with Crippen LogP contribution in [0, 0.1) is 0 Å². The van der Waals surface area contributed by atoms with Crippen molar-refractivity contribution < 1.29 is 0 Å². The molecule has 0 aliphatic rings. The van der Waals surface area contributed by atoms with Gasteiger partial charge in [0.1, 0.15) is 0 Å². The summed E-state index contributed by atoms with van der Waals surface area (Å²) in [5, 5.41) is 0. The van der Waals surface area contributed by atoms with Crippen LogP contribution in [-0.2, 0) is 0 Å². The van der Waals surface area contributed by atoms with E-state index in [0.717, 1.165) is 0 Å². The van der Waals surface area contributed by atoms with Gasteiger partial charge in [0.25, 0.3) is 0 Å². The van der Waals surface area contributed by atoms with Crippen LogP contribution < -0.4 is 32.8 Å². The molecule has 0 radical (unpaired) electrons. The van der Waals surface area contributed by atoms with Gasteiger partial charge >= 0.3 is 23.1 Å². The summed E-state index contributed by atoms with van der Waals surface area (Å²) in [7, 11) is 0. The minimum atomic E-state index is -0.913. The molecule has 6 aromatic carbocycles. The quantitative estimate of drug-likeness (QED) is 0.124. The van der Waals surface area contributed by atoms with Gasteiger partial charge in [0.15, 0.2) is 0 Å². The van der Waals surface area contributed by atoms with E-state index in [4.69, 9.17) is 0 Å². The first-order valence-electron chi connectivity index (χ1n) is 17.4. The molecule has 0 amide bonds. The van der Waals surface area contributed by atoms with Crippen molar-refractivity contribution in [3.8, 4) is 0 Å². The summed E-state index contributed by atoms with van der Waals surface area (Å²) in [6, 6.07) is 66.3. The van der Waals surface area contributed by atoms with E-state index in [2.05, 4.69) is 196 Å². The van der Waals surface area contributed by atoms with Crippen molar-refractivity contribution in [2.45, 2.75) is 52.2 Å². The van der Waals surface area contributed by atoms with Gasteiger partial charge in [-0.25, -0.2) is 0 Å². The smallest absolute Gasteiger partial charge is 0.200 e. The van der Waals surface area contributed by atoms with E-state index in [-0.39, 0.29) is 23.1 Å². The maximum atomic E-state index is 2.30. The van der Waals surface area contributed by atoms with Crippen LogP contribution in [-0.4, -0.2) is 35.3 Å². The summed E-state index contributed by atoms with van der Waals surface area (Å²) in [4.78, 5) is 0. The Hall–Kier alpha value is -3.78. The first-order chi connectivity index (χ1) is 22.8. The van der Waals surface area contributed by atoms with Crippen LogP contribution in [0.4, 0.5) is 0 Å². The van der Waals surface area contributed by atoms with Gasteiger partial charge < -0.3 is 0 Å². The monoisotopic (exact) mass is 622 g/mol. The molecule has 0 heterocycles. The Morgan fingerprint density at radius 3 is 0.617 bits per heavy atom. The first-order valence-corrected chi connectivity index (χ1v) is 17.4. The van der Waals surface area contributed by atoms with E-state index in [1.807, 2.05) is 0 Å². The zero-order valence-corrected chi connectivity index (χ0v) is 29.8. The minimum Gasteiger partial charge on any atom is -0.200 e. The molecule has 3 heteroatoms. The fourth-order valence-corrected chi connectivity index (χ4v) is 7.86. The van der Waals surface area contributed by atoms with E-state index >= 15 is 0 Å². The third kappa shape index (κ3) is 8.39. The summed E-state index contributed by atoms with van der Waals surface area (Å²) < 4.78 is 0. The normalized spacial score (nSPS) is 11.1. The topological polar surface area (TPSA) is 0 Å². The van der Waals surface area contributed by atoms with Crippen molar-refractivity contribution in [1.82, 2.24) is 0 Å². The molecular formula is C44H48B2Mg. The summed E-state index contributed by atoms with van der Waals surface area (Å²) >= 11 is 0. The van der Waals surface area contributed by atoms with Gasteiger partial charge in [-0.05, 0) is 0 Å². The predicted octanol–water partition coefficient (Wildman–Crippen LogP) is 7.53. The van der Waals surface area contributed by atoms with Crippen LogP contribution >= 0.6 is 0 Å². The maximum Gasteiger partial charge on any atom is 2.00 e. The van der Waals surface area contributed by atoms with E-state index in [9.17, 15) is 0 Å². The fraction of sp³-hybridized carbons (Fsp3) is 0.182.